The van der Waals surface area contributed by atoms with Crippen molar-refractivity contribution in [1.82, 2.24) is 19.9 Å². The molecule has 0 bridgehead atoms. The number of H-pyrrole nitrogens is 1. The van der Waals surface area contributed by atoms with Crippen LogP contribution in [0.15, 0.2) is 79.4 Å². The molecule has 3 aromatic carbocycles. The third kappa shape index (κ3) is 4.81. The standard InChI is InChI=1S/C19H17NOS.C5H5N5/c1-14-6-5-9-17(12-14)20(2)19(22)21-18-11-10-15-7-3-4-8-16(15)13-18;6-4-3-5(9-1-7-3)10-2-8-4/h3-13H,1-2H3;1-2H,(H3,6,7,8,9,10). The summed E-state index contributed by atoms with van der Waals surface area (Å²) in [5.41, 5.74) is 8.99. The Bertz CT molecular complexity index is 1380. The Hall–Kier alpha value is -4.04. The van der Waals surface area contributed by atoms with Gasteiger partial charge in [0.2, 0.25) is 0 Å². The first-order valence-corrected chi connectivity index (χ1v) is 10.3. The van der Waals surface area contributed by atoms with E-state index in [0.717, 1.165) is 16.8 Å². The quantitative estimate of drug-likeness (QED) is 0.376. The molecule has 0 saturated heterocycles. The SMILES string of the molecule is Cc1cccc(N(C)C(=S)Oc2ccc3ccccc3c2)c1.Nc1ncnc2nc[nH]c12. The number of rotatable bonds is 2. The predicted octanol–water partition coefficient (Wildman–Crippen LogP) is 4.88. The molecule has 7 nitrogen and oxygen atoms in total. The second kappa shape index (κ2) is 9.40. The number of nitrogens with one attached hydrogen (secondary N) is 1. The number of aryl methyl sites for hydroxylation is 1. The molecule has 5 aromatic rings. The first-order valence-electron chi connectivity index (χ1n) is 9.92. The van der Waals surface area contributed by atoms with Crippen molar-refractivity contribution in [1.29, 1.82) is 0 Å². The van der Waals surface area contributed by atoms with Gasteiger partial charge in [-0.2, -0.15) is 0 Å². The van der Waals surface area contributed by atoms with Gasteiger partial charge in [-0.3, -0.25) is 0 Å². The predicted molar refractivity (Wildman–Crippen MR) is 133 cm³/mol. The molecule has 0 unspecified atom stereocenters. The zero-order valence-corrected chi connectivity index (χ0v) is 18.5. The van der Waals surface area contributed by atoms with Gasteiger partial charge < -0.3 is 20.4 Å². The van der Waals surface area contributed by atoms with Crippen LogP contribution in [0.3, 0.4) is 0 Å². The molecule has 0 aliphatic rings. The molecule has 2 heterocycles. The summed E-state index contributed by atoms with van der Waals surface area (Å²) in [6, 6.07) is 22.3. The summed E-state index contributed by atoms with van der Waals surface area (Å²) in [7, 11) is 1.91. The largest absolute Gasteiger partial charge is 0.432 e. The summed E-state index contributed by atoms with van der Waals surface area (Å²) >= 11 is 5.41. The van der Waals surface area contributed by atoms with Crippen LogP contribution < -0.4 is 15.4 Å². The molecule has 0 aliphatic heterocycles. The average Bonchev–Trinajstić information content (AvgIpc) is 3.29. The highest BCUT2D eigenvalue weighted by Crippen LogP contribution is 2.22. The van der Waals surface area contributed by atoms with Gasteiger partial charge in [0.15, 0.2) is 11.5 Å². The molecule has 2 aromatic heterocycles. The van der Waals surface area contributed by atoms with E-state index in [0.29, 0.717) is 22.2 Å². The van der Waals surface area contributed by atoms with Crippen molar-refractivity contribution in [2.75, 3.05) is 17.7 Å². The lowest BCUT2D eigenvalue weighted by Crippen LogP contribution is -2.29. The molecule has 160 valence electrons. The summed E-state index contributed by atoms with van der Waals surface area (Å²) in [6.45, 7) is 2.06. The zero-order chi connectivity index (χ0) is 22.5. The van der Waals surface area contributed by atoms with Gasteiger partial charge in [0.05, 0.1) is 6.33 Å². The van der Waals surface area contributed by atoms with E-state index < -0.39 is 0 Å². The molecular formula is C24H22N6OS. The van der Waals surface area contributed by atoms with Crippen molar-refractivity contribution in [3.8, 4) is 5.75 Å². The number of hydrogen-bond donors (Lipinski definition) is 2. The molecule has 32 heavy (non-hydrogen) atoms. The van der Waals surface area contributed by atoms with Crippen LogP contribution in [0.25, 0.3) is 21.9 Å². The number of thiocarbonyl (C=S) groups is 1. The van der Waals surface area contributed by atoms with E-state index in [1.165, 1.54) is 23.6 Å². The number of fused-ring (bicyclic) bond motifs is 2. The van der Waals surface area contributed by atoms with Gasteiger partial charge in [0.1, 0.15) is 17.6 Å². The van der Waals surface area contributed by atoms with Crippen molar-refractivity contribution in [3.05, 3.63) is 84.9 Å². The van der Waals surface area contributed by atoms with E-state index in [1.54, 1.807) is 0 Å². The van der Waals surface area contributed by atoms with Crippen molar-refractivity contribution in [2.45, 2.75) is 6.92 Å². The summed E-state index contributed by atoms with van der Waals surface area (Å²) in [5.74, 6) is 1.19. The third-order valence-electron chi connectivity index (χ3n) is 4.84. The maximum atomic E-state index is 5.84. The van der Waals surface area contributed by atoms with Gasteiger partial charge in [-0.1, -0.05) is 42.5 Å². The molecule has 3 N–H and O–H groups in total. The number of ether oxygens (including phenoxy) is 1. The van der Waals surface area contributed by atoms with E-state index in [2.05, 4.69) is 51.1 Å². The van der Waals surface area contributed by atoms with Crippen molar-refractivity contribution in [2.24, 2.45) is 0 Å². The van der Waals surface area contributed by atoms with Crippen LogP contribution in [-0.4, -0.2) is 32.2 Å². The molecule has 0 amide bonds. The highest BCUT2D eigenvalue weighted by Gasteiger charge is 2.10. The van der Waals surface area contributed by atoms with Gasteiger partial charge in [-0.25, -0.2) is 15.0 Å². The van der Waals surface area contributed by atoms with Crippen LogP contribution >= 0.6 is 12.2 Å². The van der Waals surface area contributed by atoms with Crippen LogP contribution in [-0.2, 0) is 0 Å². The van der Waals surface area contributed by atoms with Gasteiger partial charge >= 0.3 is 0 Å². The number of nitrogens with two attached hydrogens (primary N) is 1. The van der Waals surface area contributed by atoms with Crippen LogP contribution in [0.1, 0.15) is 5.56 Å². The minimum atomic E-state index is 0.431. The fourth-order valence-electron chi connectivity index (χ4n) is 3.13. The Balaban J connectivity index is 0.000000203. The molecule has 0 radical (unpaired) electrons. The molecular weight excluding hydrogens is 420 g/mol. The number of anilines is 2. The Morgan fingerprint density at radius 2 is 1.78 bits per heavy atom. The summed E-state index contributed by atoms with van der Waals surface area (Å²) in [5, 5.41) is 2.76. The number of imidazole rings is 1. The van der Waals surface area contributed by atoms with Crippen LogP contribution in [0.5, 0.6) is 5.75 Å². The number of benzene rings is 3. The van der Waals surface area contributed by atoms with Gasteiger partial charge in [0, 0.05) is 12.7 Å². The van der Waals surface area contributed by atoms with Crippen LogP contribution in [0, 0.1) is 6.92 Å². The first kappa shape index (κ1) is 21.2. The van der Waals surface area contributed by atoms with E-state index in [9.17, 15) is 0 Å². The smallest absolute Gasteiger partial charge is 0.269 e. The first-order chi connectivity index (χ1) is 15.5. The maximum Gasteiger partial charge on any atom is 0.269 e. The Morgan fingerprint density at radius 1 is 0.969 bits per heavy atom. The van der Waals surface area contributed by atoms with E-state index in [-0.39, 0.29) is 0 Å². The number of aromatic nitrogens is 4. The minimum Gasteiger partial charge on any atom is -0.432 e. The highest BCUT2D eigenvalue weighted by atomic mass is 32.1. The lowest BCUT2D eigenvalue weighted by atomic mass is 10.1. The second-order valence-electron chi connectivity index (χ2n) is 7.13. The Labute approximate surface area is 190 Å². The number of hydrogen-bond acceptors (Lipinski definition) is 6. The van der Waals surface area contributed by atoms with E-state index in [4.69, 9.17) is 22.7 Å². The van der Waals surface area contributed by atoms with Crippen molar-refractivity contribution >= 4 is 50.8 Å². The molecule has 0 fully saturated rings. The third-order valence-corrected chi connectivity index (χ3v) is 5.20. The second-order valence-corrected chi connectivity index (χ2v) is 7.48. The fraction of sp³-hybridized carbons (Fsp3) is 0.0833. The number of aromatic amines is 1. The molecule has 0 spiro atoms. The maximum absolute atomic E-state index is 5.84. The fourth-order valence-corrected chi connectivity index (χ4v) is 3.33. The molecule has 0 saturated carbocycles. The van der Waals surface area contributed by atoms with Crippen LogP contribution in [0.2, 0.25) is 0 Å². The zero-order valence-electron chi connectivity index (χ0n) is 17.7. The van der Waals surface area contributed by atoms with Gasteiger partial charge in [0.25, 0.3) is 5.17 Å². The van der Waals surface area contributed by atoms with Crippen molar-refractivity contribution in [3.63, 3.8) is 0 Å². The van der Waals surface area contributed by atoms with Crippen molar-refractivity contribution < 1.29 is 4.74 Å². The molecule has 5 rings (SSSR count). The number of nitrogens with zero attached hydrogens (tertiary/aromatic N) is 4. The van der Waals surface area contributed by atoms with E-state index >= 15 is 0 Å². The molecule has 8 heteroatoms. The summed E-state index contributed by atoms with van der Waals surface area (Å²) in [4.78, 5) is 16.2. The minimum absolute atomic E-state index is 0.431. The monoisotopic (exact) mass is 442 g/mol. The average molecular weight is 443 g/mol. The topological polar surface area (TPSA) is 93.0 Å². The summed E-state index contributed by atoms with van der Waals surface area (Å²) in [6.07, 6.45) is 2.92. The Morgan fingerprint density at radius 3 is 2.56 bits per heavy atom. The number of nitrogen functional groups attached to an aromatic ring is 1. The lowest BCUT2D eigenvalue weighted by molar-refractivity contribution is 0.553. The van der Waals surface area contributed by atoms with Gasteiger partial charge in [-0.15, -0.1) is 0 Å². The highest BCUT2D eigenvalue weighted by molar-refractivity contribution is 7.80. The van der Waals surface area contributed by atoms with Gasteiger partial charge in [-0.05, 0) is 59.7 Å². The Kier molecular flexibility index (Phi) is 6.23. The summed E-state index contributed by atoms with van der Waals surface area (Å²) < 4.78 is 5.84. The van der Waals surface area contributed by atoms with E-state index in [1.807, 2.05) is 54.4 Å². The van der Waals surface area contributed by atoms with Crippen LogP contribution in [0.4, 0.5) is 11.5 Å². The normalized spacial score (nSPS) is 10.4. The lowest BCUT2D eigenvalue weighted by Gasteiger charge is -2.20. The molecule has 0 atom stereocenters. The molecule has 0 aliphatic carbocycles.